The number of nitrogens with zero attached hydrogens (tertiary/aromatic N) is 3. The lowest BCUT2D eigenvalue weighted by Gasteiger charge is -2.10. The highest BCUT2D eigenvalue weighted by atomic mass is 79.9. The maximum atomic E-state index is 11.7. The Morgan fingerprint density at radius 1 is 1.21 bits per heavy atom. The van der Waals surface area contributed by atoms with Crippen molar-refractivity contribution in [3.8, 4) is 17.1 Å². The lowest BCUT2D eigenvalue weighted by molar-refractivity contribution is 0.101. The third-order valence-corrected chi connectivity index (χ3v) is 5.43. The SMILES string of the molecule is C=CCn1c(SCCOc2ccccc2C(C)=O)nnc1-c1ccc(Br)cc1. The fourth-order valence-electron chi connectivity index (χ4n) is 2.67. The summed E-state index contributed by atoms with van der Waals surface area (Å²) in [6, 6.07) is 15.3. The third kappa shape index (κ3) is 4.91. The van der Waals surface area contributed by atoms with Gasteiger partial charge in [0.25, 0.3) is 0 Å². The first-order chi connectivity index (χ1) is 13.6. The molecule has 1 aromatic heterocycles. The lowest BCUT2D eigenvalue weighted by atomic mass is 10.1. The van der Waals surface area contributed by atoms with Gasteiger partial charge in [0.05, 0.1) is 12.2 Å². The Bertz CT molecular complexity index is 970. The summed E-state index contributed by atoms with van der Waals surface area (Å²) < 4.78 is 8.85. The van der Waals surface area contributed by atoms with Crippen molar-refractivity contribution < 1.29 is 9.53 Å². The Balaban J connectivity index is 1.67. The molecule has 0 aliphatic rings. The smallest absolute Gasteiger partial charge is 0.191 e. The van der Waals surface area contributed by atoms with Crippen LogP contribution in [0.15, 0.2) is 70.8 Å². The molecule has 3 aromatic rings. The number of carbonyl (C=O) groups excluding carboxylic acids is 1. The summed E-state index contributed by atoms with van der Waals surface area (Å²) in [4.78, 5) is 11.7. The van der Waals surface area contributed by atoms with E-state index >= 15 is 0 Å². The molecular formula is C21H20BrN3O2S. The number of rotatable bonds is 9. The minimum Gasteiger partial charge on any atom is -0.492 e. The van der Waals surface area contributed by atoms with E-state index in [1.807, 2.05) is 53.1 Å². The van der Waals surface area contributed by atoms with Crippen LogP contribution in [0.25, 0.3) is 11.4 Å². The first-order valence-electron chi connectivity index (χ1n) is 8.75. The van der Waals surface area contributed by atoms with Gasteiger partial charge in [-0.2, -0.15) is 0 Å². The Morgan fingerprint density at radius 3 is 2.68 bits per heavy atom. The van der Waals surface area contributed by atoms with E-state index in [2.05, 4.69) is 32.7 Å². The normalized spacial score (nSPS) is 10.6. The summed E-state index contributed by atoms with van der Waals surface area (Å²) in [6.07, 6.45) is 1.83. The highest BCUT2D eigenvalue weighted by Gasteiger charge is 2.14. The zero-order valence-electron chi connectivity index (χ0n) is 15.5. The minimum absolute atomic E-state index is 0.00637. The zero-order valence-corrected chi connectivity index (χ0v) is 17.9. The van der Waals surface area contributed by atoms with E-state index < -0.39 is 0 Å². The molecule has 1 heterocycles. The van der Waals surface area contributed by atoms with Crippen molar-refractivity contribution in [1.82, 2.24) is 14.8 Å². The summed E-state index contributed by atoms with van der Waals surface area (Å²) in [7, 11) is 0. The van der Waals surface area contributed by atoms with E-state index in [1.165, 1.54) is 0 Å². The van der Waals surface area contributed by atoms with Crippen molar-refractivity contribution in [1.29, 1.82) is 0 Å². The monoisotopic (exact) mass is 457 g/mol. The van der Waals surface area contributed by atoms with Gasteiger partial charge in [-0.3, -0.25) is 9.36 Å². The van der Waals surface area contributed by atoms with E-state index in [-0.39, 0.29) is 5.78 Å². The van der Waals surface area contributed by atoms with Crippen molar-refractivity contribution in [2.24, 2.45) is 0 Å². The molecule has 3 rings (SSSR count). The molecule has 0 aliphatic heterocycles. The minimum atomic E-state index is -0.00637. The van der Waals surface area contributed by atoms with Crippen LogP contribution in [-0.2, 0) is 6.54 Å². The molecule has 0 aliphatic carbocycles. The third-order valence-electron chi connectivity index (χ3n) is 3.97. The number of ketones is 1. The highest BCUT2D eigenvalue weighted by Crippen LogP contribution is 2.26. The molecule has 0 saturated heterocycles. The second kappa shape index (κ2) is 9.71. The Hall–Kier alpha value is -2.38. The molecule has 0 amide bonds. The van der Waals surface area contributed by atoms with E-state index in [0.29, 0.717) is 30.2 Å². The van der Waals surface area contributed by atoms with Gasteiger partial charge in [-0.15, -0.1) is 16.8 Å². The average molecular weight is 458 g/mol. The van der Waals surface area contributed by atoms with E-state index in [0.717, 1.165) is 21.0 Å². The predicted octanol–water partition coefficient (Wildman–Crippen LogP) is 5.27. The molecule has 0 saturated carbocycles. The van der Waals surface area contributed by atoms with E-state index in [9.17, 15) is 4.79 Å². The van der Waals surface area contributed by atoms with Crippen molar-refractivity contribution in [3.63, 3.8) is 0 Å². The summed E-state index contributed by atoms with van der Waals surface area (Å²) in [5, 5.41) is 9.49. The van der Waals surface area contributed by atoms with Gasteiger partial charge < -0.3 is 4.74 Å². The molecule has 2 aromatic carbocycles. The van der Waals surface area contributed by atoms with Crippen molar-refractivity contribution in [2.45, 2.75) is 18.6 Å². The summed E-state index contributed by atoms with van der Waals surface area (Å²) in [5.41, 5.74) is 1.59. The maximum absolute atomic E-state index is 11.7. The van der Waals surface area contributed by atoms with Crippen molar-refractivity contribution >= 4 is 33.5 Å². The second-order valence-corrected chi connectivity index (χ2v) is 7.94. The van der Waals surface area contributed by atoms with Crippen LogP contribution in [0.4, 0.5) is 0 Å². The van der Waals surface area contributed by atoms with Crippen LogP contribution in [0.3, 0.4) is 0 Å². The van der Waals surface area contributed by atoms with Crippen LogP contribution in [0, 0.1) is 0 Å². The van der Waals surface area contributed by atoms with Crippen LogP contribution in [0.1, 0.15) is 17.3 Å². The number of halogens is 1. The molecule has 0 spiro atoms. The number of hydrogen-bond donors (Lipinski definition) is 0. The first kappa shape index (κ1) is 20.4. The van der Waals surface area contributed by atoms with E-state index in [4.69, 9.17) is 4.74 Å². The Morgan fingerprint density at radius 2 is 1.96 bits per heavy atom. The molecule has 0 fully saturated rings. The predicted molar refractivity (Wildman–Crippen MR) is 116 cm³/mol. The number of hydrogen-bond acceptors (Lipinski definition) is 5. The maximum Gasteiger partial charge on any atom is 0.191 e. The lowest BCUT2D eigenvalue weighted by Crippen LogP contribution is -2.06. The average Bonchev–Trinajstić information content (AvgIpc) is 3.09. The molecule has 144 valence electrons. The number of aromatic nitrogens is 3. The molecule has 0 atom stereocenters. The van der Waals surface area contributed by atoms with Crippen LogP contribution in [0.2, 0.25) is 0 Å². The molecule has 0 N–H and O–H groups in total. The van der Waals surface area contributed by atoms with Gasteiger partial charge in [0.2, 0.25) is 0 Å². The van der Waals surface area contributed by atoms with Crippen molar-refractivity contribution in [3.05, 3.63) is 71.2 Å². The van der Waals surface area contributed by atoms with Gasteiger partial charge in [-0.05, 0) is 31.2 Å². The van der Waals surface area contributed by atoms with Gasteiger partial charge in [0.15, 0.2) is 16.8 Å². The number of ether oxygens (including phenoxy) is 1. The van der Waals surface area contributed by atoms with Gasteiger partial charge in [0, 0.05) is 22.3 Å². The first-order valence-corrected chi connectivity index (χ1v) is 10.5. The number of Topliss-reactive ketones (excluding diaryl/α,β-unsaturated/α-hetero) is 1. The quantitative estimate of drug-likeness (QED) is 0.189. The summed E-state index contributed by atoms with van der Waals surface area (Å²) in [5.74, 6) is 2.09. The molecule has 7 heteroatoms. The largest absolute Gasteiger partial charge is 0.492 e. The summed E-state index contributed by atoms with van der Waals surface area (Å²) >= 11 is 5.01. The Kier molecular flexibility index (Phi) is 7.06. The number of benzene rings is 2. The number of carbonyl (C=O) groups is 1. The number of allylic oxidation sites excluding steroid dienone is 1. The summed E-state index contributed by atoms with van der Waals surface area (Å²) in [6.45, 7) is 6.46. The fourth-order valence-corrected chi connectivity index (χ4v) is 3.70. The van der Waals surface area contributed by atoms with Crippen LogP contribution >= 0.6 is 27.7 Å². The standard InChI is InChI=1S/C21H20BrN3O2S/c1-3-12-25-20(16-8-10-17(22)11-9-16)23-24-21(25)28-14-13-27-19-7-5-4-6-18(19)15(2)26/h3-11H,1,12-14H2,2H3. The number of para-hydroxylation sites is 1. The highest BCUT2D eigenvalue weighted by molar-refractivity contribution is 9.10. The molecule has 0 unspecified atom stereocenters. The molecule has 28 heavy (non-hydrogen) atoms. The van der Waals surface area contributed by atoms with Gasteiger partial charge >= 0.3 is 0 Å². The number of thioether (sulfide) groups is 1. The Labute approximate surface area is 177 Å². The topological polar surface area (TPSA) is 57.0 Å². The van der Waals surface area contributed by atoms with Crippen molar-refractivity contribution in [2.75, 3.05) is 12.4 Å². The van der Waals surface area contributed by atoms with Crippen LogP contribution < -0.4 is 4.74 Å². The van der Waals surface area contributed by atoms with Gasteiger partial charge in [-0.1, -0.05) is 58.0 Å². The van der Waals surface area contributed by atoms with Gasteiger partial charge in [-0.25, -0.2) is 0 Å². The molecule has 0 bridgehead atoms. The fraction of sp³-hybridized carbons (Fsp3) is 0.190. The van der Waals surface area contributed by atoms with Crippen LogP contribution in [-0.4, -0.2) is 32.9 Å². The van der Waals surface area contributed by atoms with E-state index in [1.54, 1.807) is 24.8 Å². The second-order valence-electron chi connectivity index (χ2n) is 5.96. The van der Waals surface area contributed by atoms with Crippen LogP contribution in [0.5, 0.6) is 5.75 Å². The molecule has 5 nitrogen and oxygen atoms in total. The van der Waals surface area contributed by atoms with Gasteiger partial charge in [0.1, 0.15) is 5.75 Å². The molecular weight excluding hydrogens is 438 g/mol. The molecule has 0 radical (unpaired) electrons. The zero-order chi connectivity index (χ0) is 19.9.